The second-order valence-corrected chi connectivity index (χ2v) is 7.06. The maximum absolute atomic E-state index is 13.2. The molecular weight excluding hydrogens is 338 g/mol. The fourth-order valence-electron chi connectivity index (χ4n) is 3.24. The van der Waals surface area contributed by atoms with Crippen LogP contribution in [0.3, 0.4) is 0 Å². The fraction of sp³-hybridized carbons (Fsp3) is 0.348. The number of hydrogen-bond acceptors (Lipinski definition) is 3. The third-order valence-corrected chi connectivity index (χ3v) is 4.64. The average molecular weight is 365 g/mol. The monoisotopic (exact) mass is 365 g/mol. The minimum absolute atomic E-state index is 0.0447. The molecule has 27 heavy (non-hydrogen) atoms. The van der Waals surface area contributed by atoms with E-state index in [2.05, 4.69) is 0 Å². The zero-order chi connectivity index (χ0) is 19.2. The fourth-order valence-corrected chi connectivity index (χ4v) is 3.24. The van der Waals surface area contributed by atoms with Crippen LogP contribution in [-0.4, -0.2) is 43.2 Å². The molecule has 142 valence electrons. The minimum atomic E-state index is 0.0447. The molecule has 0 aliphatic carbocycles. The summed E-state index contributed by atoms with van der Waals surface area (Å²) in [7, 11) is 1.70. The molecule has 1 atom stereocenters. The standard InChI is InChI=1S/C23H27NO3/c1-17(2)27-20-11-9-18(10-12-20)15-22(19-7-5-4-6-8-19)23(25)24-14-13-21(16-24)26-3/h4-12,15,17,21H,13-14,16H2,1-3H3/b22-15+. The second kappa shape index (κ2) is 8.87. The number of carbonyl (C=O) groups is 1. The van der Waals surface area contributed by atoms with Crippen LogP contribution in [0.1, 0.15) is 31.4 Å². The van der Waals surface area contributed by atoms with Crippen molar-refractivity contribution in [2.45, 2.75) is 32.5 Å². The number of benzene rings is 2. The van der Waals surface area contributed by atoms with Gasteiger partial charge in [-0.3, -0.25) is 4.79 Å². The van der Waals surface area contributed by atoms with Gasteiger partial charge in [0.1, 0.15) is 5.75 Å². The summed E-state index contributed by atoms with van der Waals surface area (Å²) >= 11 is 0. The van der Waals surface area contributed by atoms with Gasteiger partial charge in [0.15, 0.2) is 0 Å². The molecule has 0 saturated carbocycles. The number of carbonyl (C=O) groups excluding carboxylic acids is 1. The Kier molecular flexibility index (Phi) is 6.30. The minimum Gasteiger partial charge on any atom is -0.491 e. The van der Waals surface area contributed by atoms with Crippen molar-refractivity contribution in [1.82, 2.24) is 4.90 Å². The highest BCUT2D eigenvalue weighted by atomic mass is 16.5. The van der Waals surface area contributed by atoms with E-state index in [9.17, 15) is 4.79 Å². The molecule has 4 nitrogen and oxygen atoms in total. The Bertz CT molecular complexity index is 781. The Labute approximate surface area is 161 Å². The normalized spacial score (nSPS) is 17.4. The molecule has 0 radical (unpaired) electrons. The summed E-state index contributed by atoms with van der Waals surface area (Å²) in [4.78, 5) is 15.1. The number of methoxy groups -OCH3 is 1. The average Bonchev–Trinajstić information content (AvgIpc) is 3.16. The maximum atomic E-state index is 13.2. The lowest BCUT2D eigenvalue weighted by Crippen LogP contribution is -2.30. The Morgan fingerprint density at radius 2 is 1.81 bits per heavy atom. The number of amides is 1. The summed E-state index contributed by atoms with van der Waals surface area (Å²) in [5, 5.41) is 0. The lowest BCUT2D eigenvalue weighted by atomic mass is 10.0. The van der Waals surface area contributed by atoms with Crippen molar-refractivity contribution in [2.75, 3.05) is 20.2 Å². The van der Waals surface area contributed by atoms with Crippen molar-refractivity contribution in [3.8, 4) is 5.75 Å². The van der Waals surface area contributed by atoms with E-state index in [1.54, 1.807) is 7.11 Å². The topological polar surface area (TPSA) is 38.8 Å². The number of nitrogens with zero attached hydrogens (tertiary/aromatic N) is 1. The molecule has 4 heteroatoms. The lowest BCUT2D eigenvalue weighted by molar-refractivity contribution is -0.124. The van der Waals surface area contributed by atoms with E-state index in [1.165, 1.54) is 0 Å². The Morgan fingerprint density at radius 3 is 2.41 bits per heavy atom. The second-order valence-electron chi connectivity index (χ2n) is 7.06. The van der Waals surface area contributed by atoms with E-state index >= 15 is 0 Å². The van der Waals surface area contributed by atoms with Crippen LogP contribution in [0.5, 0.6) is 5.75 Å². The van der Waals surface area contributed by atoms with Crippen LogP contribution in [0, 0.1) is 0 Å². The van der Waals surface area contributed by atoms with Crippen molar-refractivity contribution in [3.05, 3.63) is 65.7 Å². The molecule has 0 spiro atoms. The highest BCUT2D eigenvalue weighted by Gasteiger charge is 2.28. The van der Waals surface area contributed by atoms with E-state index in [-0.39, 0.29) is 18.1 Å². The number of hydrogen-bond donors (Lipinski definition) is 0. The number of rotatable bonds is 6. The summed E-state index contributed by atoms with van der Waals surface area (Å²) in [6, 6.07) is 17.7. The van der Waals surface area contributed by atoms with Gasteiger partial charge in [-0.15, -0.1) is 0 Å². The molecule has 1 amide bonds. The van der Waals surface area contributed by atoms with Crippen molar-refractivity contribution in [2.24, 2.45) is 0 Å². The molecule has 0 aromatic heterocycles. The first-order valence-electron chi connectivity index (χ1n) is 9.42. The predicted molar refractivity (Wildman–Crippen MR) is 109 cm³/mol. The van der Waals surface area contributed by atoms with Gasteiger partial charge < -0.3 is 14.4 Å². The van der Waals surface area contributed by atoms with Gasteiger partial charge in [0.25, 0.3) is 5.91 Å². The van der Waals surface area contributed by atoms with Crippen molar-refractivity contribution < 1.29 is 14.3 Å². The molecule has 3 rings (SSSR count). The van der Waals surface area contributed by atoms with Crippen LogP contribution in [0.2, 0.25) is 0 Å². The third kappa shape index (κ3) is 4.98. The molecule has 2 aromatic rings. The Balaban J connectivity index is 1.88. The van der Waals surface area contributed by atoms with Crippen LogP contribution >= 0.6 is 0 Å². The summed E-state index contributed by atoms with van der Waals surface area (Å²) in [6.45, 7) is 5.37. The van der Waals surface area contributed by atoms with E-state index in [4.69, 9.17) is 9.47 Å². The SMILES string of the molecule is COC1CCN(C(=O)/C(=C/c2ccc(OC(C)C)cc2)c2ccccc2)C1. The zero-order valence-electron chi connectivity index (χ0n) is 16.2. The largest absolute Gasteiger partial charge is 0.491 e. The summed E-state index contributed by atoms with van der Waals surface area (Å²) < 4.78 is 11.1. The van der Waals surface area contributed by atoms with Gasteiger partial charge in [0.2, 0.25) is 0 Å². The zero-order valence-corrected chi connectivity index (χ0v) is 16.2. The molecule has 1 aliphatic rings. The summed E-state index contributed by atoms with van der Waals surface area (Å²) in [5.74, 6) is 0.875. The van der Waals surface area contributed by atoms with E-state index in [0.29, 0.717) is 12.1 Å². The third-order valence-electron chi connectivity index (χ3n) is 4.64. The van der Waals surface area contributed by atoms with Gasteiger partial charge in [0, 0.05) is 25.8 Å². The Hall–Kier alpha value is -2.59. The van der Waals surface area contributed by atoms with Gasteiger partial charge in [-0.2, -0.15) is 0 Å². The van der Waals surface area contributed by atoms with Crippen LogP contribution in [0.15, 0.2) is 54.6 Å². The predicted octanol–water partition coefficient (Wildman–Crippen LogP) is 4.26. The van der Waals surface area contributed by atoms with E-state index in [1.807, 2.05) is 79.4 Å². The highest BCUT2D eigenvalue weighted by molar-refractivity contribution is 6.24. The number of likely N-dealkylation sites (tertiary alicyclic amines) is 1. The first-order chi connectivity index (χ1) is 13.1. The van der Waals surface area contributed by atoms with Gasteiger partial charge >= 0.3 is 0 Å². The van der Waals surface area contributed by atoms with Gasteiger partial charge in [0.05, 0.1) is 12.2 Å². The van der Waals surface area contributed by atoms with E-state index in [0.717, 1.165) is 29.8 Å². The first kappa shape index (κ1) is 19.2. The molecule has 0 N–H and O–H groups in total. The molecular formula is C23H27NO3. The maximum Gasteiger partial charge on any atom is 0.254 e. The molecule has 1 unspecified atom stereocenters. The lowest BCUT2D eigenvalue weighted by Gasteiger charge is -2.19. The summed E-state index contributed by atoms with van der Waals surface area (Å²) in [6.07, 6.45) is 3.10. The Morgan fingerprint density at radius 1 is 1.11 bits per heavy atom. The van der Waals surface area contributed by atoms with Crippen molar-refractivity contribution >= 4 is 17.6 Å². The highest BCUT2D eigenvalue weighted by Crippen LogP contribution is 2.25. The summed E-state index contributed by atoms with van der Waals surface area (Å²) in [5.41, 5.74) is 2.59. The molecule has 0 bridgehead atoms. The molecule has 1 heterocycles. The van der Waals surface area contributed by atoms with Crippen LogP contribution in [0.4, 0.5) is 0 Å². The van der Waals surface area contributed by atoms with Gasteiger partial charge in [-0.1, -0.05) is 42.5 Å². The molecule has 1 saturated heterocycles. The van der Waals surface area contributed by atoms with E-state index < -0.39 is 0 Å². The van der Waals surface area contributed by atoms with Crippen LogP contribution < -0.4 is 4.74 Å². The molecule has 1 fully saturated rings. The molecule has 2 aromatic carbocycles. The smallest absolute Gasteiger partial charge is 0.254 e. The van der Waals surface area contributed by atoms with Crippen molar-refractivity contribution in [1.29, 1.82) is 0 Å². The quantitative estimate of drug-likeness (QED) is 0.567. The van der Waals surface area contributed by atoms with Gasteiger partial charge in [-0.05, 0) is 49.6 Å². The first-order valence-corrected chi connectivity index (χ1v) is 9.42. The molecule has 1 aliphatic heterocycles. The van der Waals surface area contributed by atoms with Gasteiger partial charge in [-0.25, -0.2) is 0 Å². The van der Waals surface area contributed by atoms with Crippen LogP contribution in [-0.2, 0) is 9.53 Å². The van der Waals surface area contributed by atoms with Crippen LogP contribution in [0.25, 0.3) is 11.6 Å². The number of ether oxygens (including phenoxy) is 2. The van der Waals surface area contributed by atoms with Crippen molar-refractivity contribution in [3.63, 3.8) is 0 Å².